The Balaban J connectivity index is 1.75. The van der Waals surface area contributed by atoms with Crippen molar-refractivity contribution < 1.29 is 0 Å². The molecule has 2 bridgehead atoms. The van der Waals surface area contributed by atoms with Crippen LogP contribution in [0, 0.1) is 16.7 Å². The molecule has 2 heteroatoms. The van der Waals surface area contributed by atoms with E-state index in [9.17, 15) is 0 Å². The number of hydrogen-bond donors (Lipinski definition) is 1. The van der Waals surface area contributed by atoms with E-state index in [1.54, 1.807) is 0 Å². The maximum absolute atomic E-state index is 4.58. The van der Waals surface area contributed by atoms with Crippen LogP contribution < -0.4 is 5.32 Å². The van der Waals surface area contributed by atoms with Crippen molar-refractivity contribution in [2.45, 2.75) is 66.0 Å². The number of nitrogens with zero attached hydrogens (tertiary/aromatic N) is 1. The molecule has 3 atom stereocenters. The standard InChI is InChI=1S/C18H28N2/c1-5-13-7-6-10-19-15(13)12-20-16-17(2,3)14-8-9-18(16,4)11-14/h6-7,10,14,16,20H,5,8-9,11-12H2,1-4H3. The minimum absolute atomic E-state index is 0.425. The third-order valence-electron chi connectivity index (χ3n) is 6.11. The van der Waals surface area contributed by atoms with Crippen LogP contribution >= 0.6 is 0 Å². The topological polar surface area (TPSA) is 24.9 Å². The van der Waals surface area contributed by atoms with Crippen LogP contribution in [-0.2, 0) is 13.0 Å². The smallest absolute Gasteiger partial charge is 0.0573 e. The summed E-state index contributed by atoms with van der Waals surface area (Å²) in [6.07, 6.45) is 7.20. The Morgan fingerprint density at radius 3 is 2.80 bits per heavy atom. The monoisotopic (exact) mass is 272 g/mol. The lowest BCUT2D eigenvalue weighted by Gasteiger charge is -2.43. The van der Waals surface area contributed by atoms with Crippen LogP contribution in [0.25, 0.3) is 0 Å². The predicted octanol–water partition coefficient (Wildman–Crippen LogP) is 3.95. The molecular weight excluding hydrogens is 244 g/mol. The molecule has 110 valence electrons. The van der Waals surface area contributed by atoms with Crippen molar-refractivity contribution >= 4 is 0 Å². The Morgan fingerprint density at radius 1 is 1.35 bits per heavy atom. The molecular formula is C18H28N2. The fourth-order valence-electron chi connectivity index (χ4n) is 4.96. The summed E-state index contributed by atoms with van der Waals surface area (Å²) < 4.78 is 0. The predicted molar refractivity (Wildman–Crippen MR) is 83.5 cm³/mol. The molecule has 1 aromatic heterocycles. The molecule has 1 aromatic rings. The van der Waals surface area contributed by atoms with Gasteiger partial charge in [0.25, 0.3) is 0 Å². The molecule has 2 aliphatic rings. The highest BCUT2D eigenvalue weighted by molar-refractivity contribution is 5.20. The number of nitrogens with one attached hydrogen (secondary N) is 1. The summed E-state index contributed by atoms with van der Waals surface area (Å²) in [5.41, 5.74) is 3.53. The molecule has 3 unspecified atom stereocenters. The maximum Gasteiger partial charge on any atom is 0.0573 e. The lowest BCUT2D eigenvalue weighted by atomic mass is 9.68. The van der Waals surface area contributed by atoms with Crippen LogP contribution in [0.4, 0.5) is 0 Å². The number of pyridine rings is 1. The van der Waals surface area contributed by atoms with Gasteiger partial charge < -0.3 is 5.32 Å². The zero-order valence-electron chi connectivity index (χ0n) is 13.4. The minimum atomic E-state index is 0.425. The van der Waals surface area contributed by atoms with Crippen molar-refractivity contribution in [2.24, 2.45) is 16.7 Å². The molecule has 0 radical (unpaired) electrons. The summed E-state index contributed by atoms with van der Waals surface area (Å²) in [5, 5.41) is 3.87. The van der Waals surface area contributed by atoms with Crippen LogP contribution in [0.3, 0.4) is 0 Å². The SMILES string of the molecule is CCc1cccnc1CNC1C2(C)CCC(C2)C1(C)C. The van der Waals surface area contributed by atoms with Crippen molar-refractivity contribution in [1.82, 2.24) is 10.3 Å². The number of aryl methyl sites for hydroxylation is 1. The third kappa shape index (κ3) is 2.09. The molecule has 0 spiro atoms. The van der Waals surface area contributed by atoms with E-state index in [0.717, 1.165) is 18.9 Å². The minimum Gasteiger partial charge on any atom is -0.307 e. The van der Waals surface area contributed by atoms with E-state index in [-0.39, 0.29) is 0 Å². The molecule has 0 saturated heterocycles. The normalized spacial score (nSPS) is 34.6. The lowest BCUT2D eigenvalue weighted by molar-refractivity contribution is 0.107. The average molecular weight is 272 g/mol. The Morgan fingerprint density at radius 2 is 2.15 bits per heavy atom. The third-order valence-corrected chi connectivity index (χ3v) is 6.11. The number of aromatic nitrogens is 1. The van der Waals surface area contributed by atoms with Gasteiger partial charge in [-0.1, -0.05) is 33.8 Å². The molecule has 0 aliphatic heterocycles. The van der Waals surface area contributed by atoms with Crippen molar-refractivity contribution in [3.8, 4) is 0 Å². The van der Waals surface area contributed by atoms with Gasteiger partial charge in [-0.25, -0.2) is 0 Å². The van der Waals surface area contributed by atoms with E-state index in [1.807, 2.05) is 12.3 Å². The molecule has 20 heavy (non-hydrogen) atoms. The Hall–Kier alpha value is -0.890. The van der Waals surface area contributed by atoms with Gasteiger partial charge in [0.2, 0.25) is 0 Å². The van der Waals surface area contributed by atoms with E-state index in [0.29, 0.717) is 16.9 Å². The maximum atomic E-state index is 4.58. The van der Waals surface area contributed by atoms with Crippen LogP contribution in [0.1, 0.15) is 58.2 Å². The molecule has 0 aromatic carbocycles. The number of fused-ring (bicyclic) bond motifs is 2. The van der Waals surface area contributed by atoms with Gasteiger partial charge >= 0.3 is 0 Å². The van der Waals surface area contributed by atoms with Gasteiger partial charge in [0.1, 0.15) is 0 Å². The molecule has 2 fully saturated rings. The fraction of sp³-hybridized carbons (Fsp3) is 0.722. The summed E-state index contributed by atoms with van der Waals surface area (Å²) in [6, 6.07) is 4.88. The van der Waals surface area contributed by atoms with Gasteiger partial charge in [-0.3, -0.25) is 4.98 Å². The largest absolute Gasteiger partial charge is 0.307 e. The van der Waals surface area contributed by atoms with Gasteiger partial charge in [0.15, 0.2) is 0 Å². The summed E-state index contributed by atoms with van der Waals surface area (Å²) in [6.45, 7) is 10.5. The zero-order chi connectivity index (χ0) is 14.4. The number of hydrogen-bond acceptors (Lipinski definition) is 2. The highest BCUT2D eigenvalue weighted by Gasteiger charge is 2.58. The fourth-order valence-corrected chi connectivity index (χ4v) is 4.96. The Kier molecular flexibility index (Phi) is 3.40. The molecule has 2 aliphatic carbocycles. The molecule has 2 saturated carbocycles. The molecule has 1 N–H and O–H groups in total. The van der Waals surface area contributed by atoms with Crippen molar-refractivity contribution in [3.05, 3.63) is 29.6 Å². The molecule has 3 rings (SSSR count). The second kappa shape index (κ2) is 4.84. The van der Waals surface area contributed by atoms with E-state index >= 15 is 0 Å². The van der Waals surface area contributed by atoms with Crippen molar-refractivity contribution in [3.63, 3.8) is 0 Å². The van der Waals surface area contributed by atoms with E-state index < -0.39 is 0 Å². The molecule has 2 nitrogen and oxygen atoms in total. The van der Waals surface area contributed by atoms with Crippen LogP contribution in [0.2, 0.25) is 0 Å². The zero-order valence-corrected chi connectivity index (χ0v) is 13.4. The second-order valence-corrected chi connectivity index (χ2v) is 7.69. The summed E-state index contributed by atoms with van der Waals surface area (Å²) >= 11 is 0. The first-order valence-electron chi connectivity index (χ1n) is 8.13. The van der Waals surface area contributed by atoms with E-state index in [2.05, 4.69) is 44.1 Å². The Labute approximate surface area is 123 Å². The van der Waals surface area contributed by atoms with Gasteiger partial charge in [-0.15, -0.1) is 0 Å². The van der Waals surface area contributed by atoms with Crippen molar-refractivity contribution in [1.29, 1.82) is 0 Å². The van der Waals surface area contributed by atoms with E-state index in [1.165, 1.54) is 30.5 Å². The quantitative estimate of drug-likeness (QED) is 0.897. The first kappa shape index (κ1) is 14.1. The first-order chi connectivity index (χ1) is 9.47. The van der Waals surface area contributed by atoms with Crippen LogP contribution in [0.15, 0.2) is 18.3 Å². The lowest BCUT2D eigenvalue weighted by Crippen LogP contribution is -2.50. The van der Waals surface area contributed by atoms with Crippen LogP contribution in [0.5, 0.6) is 0 Å². The van der Waals surface area contributed by atoms with E-state index in [4.69, 9.17) is 0 Å². The summed E-state index contributed by atoms with van der Waals surface area (Å²) in [5.74, 6) is 0.902. The first-order valence-corrected chi connectivity index (χ1v) is 8.13. The Bertz CT molecular complexity index is 489. The highest BCUT2D eigenvalue weighted by Crippen LogP contribution is 2.62. The van der Waals surface area contributed by atoms with Crippen LogP contribution in [-0.4, -0.2) is 11.0 Å². The number of rotatable bonds is 4. The van der Waals surface area contributed by atoms with Gasteiger partial charge in [0.05, 0.1) is 5.69 Å². The molecule has 1 heterocycles. The van der Waals surface area contributed by atoms with Gasteiger partial charge in [-0.2, -0.15) is 0 Å². The highest BCUT2D eigenvalue weighted by atomic mass is 15.0. The van der Waals surface area contributed by atoms with Crippen molar-refractivity contribution in [2.75, 3.05) is 0 Å². The summed E-state index contributed by atoms with van der Waals surface area (Å²) in [4.78, 5) is 4.58. The second-order valence-electron chi connectivity index (χ2n) is 7.69. The van der Waals surface area contributed by atoms with Gasteiger partial charge in [-0.05, 0) is 54.1 Å². The molecule has 0 amide bonds. The van der Waals surface area contributed by atoms with Gasteiger partial charge in [0, 0.05) is 18.8 Å². The average Bonchev–Trinajstić information content (AvgIpc) is 2.90. The summed E-state index contributed by atoms with van der Waals surface area (Å²) in [7, 11) is 0.